The number of halogens is 1. The minimum atomic E-state index is -0.644. The first-order chi connectivity index (χ1) is 9.20. The highest BCUT2D eigenvalue weighted by Crippen LogP contribution is 2.13. The summed E-state index contributed by atoms with van der Waals surface area (Å²) >= 11 is 0. The quantitative estimate of drug-likeness (QED) is 0.706. The lowest BCUT2D eigenvalue weighted by atomic mass is 10.2. The third-order valence-corrected chi connectivity index (χ3v) is 2.54. The number of hydrogen-bond donors (Lipinski definition) is 2. The molecule has 0 unspecified atom stereocenters. The molecule has 0 radical (unpaired) electrons. The molecule has 0 spiro atoms. The fourth-order valence-electron chi connectivity index (χ4n) is 1.47. The topological polar surface area (TPSA) is 63.2 Å². The average molecular weight is 269 g/mol. The van der Waals surface area contributed by atoms with Crippen molar-refractivity contribution >= 4 is 11.7 Å². The van der Waals surface area contributed by atoms with Gasteiger partial charge in [-0.05, 0) is 12.5 Å². The summed E-state index contributed by atoms with van der Waals surface area (Å²) < 4.78 is 19.1. The Kier molecular flexibility index (Phi) is 6.81. The highest BCUT2D eigenvalue weighted by Gasteiger charge is 2.14. The van der Waals surface area contributed by atoms with Crippen LogP contribution in [0.1, 0.15) is 30.1 Å². The first kappa shape index (κ1) is 15.4. The summed E-state index contributed by atoms with van der Waals surface area (Å²) in [5.41, 5.74) is -0.0205. The maximum atomic E-state index is 13.8. The molecule has 1 aromatic rings. The predicted octanol–water partition coefficient (Wildman–Crippen LogP) is 1.81. The Bertz CT molecular complexity index is 413. The summed E-state index contributed by atoms with van der Waals surface area (Å²) in [4.78, 5) is 15.5. The number of amides is 1. The van der Waals surface area contributed by atoms with E-state index in [2.05, 4.69) is 22.5 Å². The molecule has 1 aromatic heterocycles. The number of ether oxygens (including phenoxy) is 1. The monoisotopic (exact) mass is 269 g/mol. The van der Waals surface area contributed by atoms with Crippen LogP contribution in [-0.2, 0) is 4.74 Å². The van der Waals surface area contributed by atoms with Crippen molar-refractivity contribution in [1.29, 1.82) is 0 Å². The van der Waals surface area contributed by atoms with E-state index in [-0.39, 0.29) is 11.4 Å². The van der Waals surface area contributed by atoms with Gasteiger partial charge in [0.2, 0.25) is 0 Å². The number of carbonyl (C=O) groups is 1. The number of anilines is 1. The van der Waals surface area contributed by atoms with Gasteiger partial charge in [-0.2, -0.15) is 0 Å². The number of pyridine rings is 1. The Morgan fingerprint density at radius 1 is 1.47 bits per heavy atom. The van der Waals surface area contributed by atoms with Crippen LogP contribution in [-0.4, -0.2) is 37.7 Å². The number of hydrogen-bond acceptors (Lipinski definition) is 4. The molecule has 6 heteroatoms. The van der Waals surface area contributed by atoms with Gasteiger partial charge in [-0.15, -0.1) is 0 Å². The molecule has 1 amide bonds. The van der Waals surface area contributed by atoms with Gasteiger partial charge < -0.3 is 15.4 Å². The largest absolute Gasteiger partial charge is 0.380 e. The molecule has 2 N–H and O–H groups in total. The van der Waals surface area contributed by atoms with E-state index in [0.717, 1.165) is 12.8 Å². The van der Waals surface area contributed by atoms with Crippen molar-refractivity contribution in [2.24, 2.45) is 0 Å². The summed E-state index contributed by atoms with van der Waals surface area (Å²) in [6.07, 6.45) is 3.46. The van der Waals surface area contributed by atoms with Crippen LogP contribution in [0.15, 0.2) is 12.3 Å². The first-order valence-corrected chi connectivity index (χ1v) is 6.38. The predicted molar refractivity (Wildman–Crippen MR) is 71.8 cm³/mol. The lowest BCUT2D eigenvalue weighted by Crippen LogP contribution is -2.28. The second-order valence-corrected chi connectivity index (χ2v) is 3.99. The molecular weight excluding hydrogens is 249 g/mol. The van der Waals surface area contributed by atoms with Crippen molar-refractivity contribution in [3.63, 3.8) is 0 Å². The van der Waals surface area contributed by atoms with Crippen molar-refractivity contribution < 1.29 is 13.9 Å². The molecule has 0 aliphatic rings. The molecule has 106 valence electrons. The lowest BCUT2D eigenvalue weighted by molar-refractivity contribution is 0.0909. The molecule has 0 atom stereocenters. The zero-order valence-corrected chi connectivity index (χ0v) is 11.3. The van der Waals surface area contributed by atoms with E-state index in [1.165, 1.54) is 12.3 Å². The molecule has 0 aromatic carbocycles. The summed E-state index contributed by atoms with van der Waals surface area (Å²) in [6, 6.07) is 1.35. The Balaban J connectivity index is 2.41. The summed E-state index contributed by atoms with van der Waals surface area (Å²) in [7, 11) is 1.55. The van der Waals surface area contributed by atoms with Crippen LogP contribution in [0, 0.1) is 5.82 Å². The second kappa shape index (κ2) is 8.42. The van der Waals surface area contributed by atoms with Gasteiger partial charge in [0.1, 0.15) is 0 Å². The van der Waals surface area contributed by atoms with Crippen LogP contribution in [0.5, 0.6) is 0 Å². The number of rotatable bonds is 8. The molecule has 0 fully saturated rings. The summed E-state index contributed by atoms with van der Waals surface area (Å²) in [6.45, 7) is 3.55. The first-order valence-electron chi connectivity index (χ1n) is 6.38. The van der Waals surface area contributed by atoms with Gasteiger partial charge in [0.25, 0.3) is 5.91 Å². The fourth-order valence-corrected chi connectivity index (χ4v) is 1.47. The van der Waals surface area contributed by atoms with Gasteiger partial charge in [0.05, 0.1) is 12.2 Å². The molecular formula is C13H20FN3O2. The smallest absolute Gasteiger partial charge is 0.254 e. The lowest BCUT2D eigenvalue weighted by Gasteiger charge is -2.08. The van der Waals surface area contributed by atoms with Crippen LogP contribution in [0.3, 0.4) is 0 Å². The van der Waals surface area contributed by atoms with Gasteiger partial charge in [-0.1, -0.05) is 13.3 Å². The zero-order chi connectivity index (χ0) is 14.1. The van der Waals surface area contributed by atoms with E-state index in [1.54, 1.807) is 7.05 Å². The van der Waals surface area contributed by atoms with E-state index in [0.29, 0.717) is 19.8 Å². The molecule has 1 heterocycles. The van der Waals surface area contributed by atoms with E-state index >= 15 is 0 Å². The van der Waals surface area contributed by atoms with Crippen LogP contribution < -0.4 is 10.6 Å². The maximum absolute atomic E-state index is 13.8. The average Bonchev–Trinajstić information content (AvgIpc) is 2.42. The van der Waals surface area contributed by atoms with Crippen LogP contribution in [0.25, 0.3) is 0 Å². The number of aromatic nitrogens is 1. The number of nitrogens with one attached hydrogen (secondary N) is 2. The van der Waals surface area contributed by atoms with Gasteiger partial charge in [0, 0.05) is 26.4 Å². The number of nitrogens with zero attached hydrogens (tertiary/aromatic N) is 1. The fraction of sp³-hybridized carbons (Fsp3) is 0.538. The van der Waals surface area contributed by atoms with E-state index in [1.807, 2.05) is 0 Å². The van der Waals surface area contributed by atoms with Crippen LogP contribution in [0.2, 0.25) is 0 Å². The van der Waals surface area contributed by atoms with Gasteiger partial charge in [-0.25, -0.2) is 9.37 Å². The van der Waals surface area contributed by atoms with E-state index in [9.17, 15) is 9.18 Å². The number of unbranched alkanes of at least 4 members (excludes halogenated alkanes) is 1. The molecule has 19 heavy (non-hydrogen) atoms. The van der Waals surface area contributed by atoms with Gasteiger partial charge >= 0.3 is 0 Å². The molecule has 0 saturated carbocycles. The van der Waals surface area contributed by atoms with E-state index in [4.69, 9.17) is 4.74 Å². The van der Waals surface area contributed by atoms with Gasteiger partial charge in [-0.3, -0.25) is 4.79 Å². The van der Waals surface area contributed by atoms with Crippen molar-refractivity contribution in [2.75, 3.05) is 32.1 Å². The van der Waals surface area contributed by atoms with Crippen LogP contribution >= 0.6 is 0 Å². The Morgan fingerprint density at radius 3 is 2.95 bits per heavy atom. The third-order valence-electron chi connectivity index (χ3n) is 2.54. The van der Waals surface area contributed by atoms with E-state index < -0.39 is 11.7 Å². The molecule has 5 nitrogen and oxygen atoms in total. The standard InChI is InChI=1S/C13H20FN3O2/c1-3-4-8-19-9-7-17-13(18)10-5-6-16-12(15-2)11(10)14/h5-6H,3-4,7-9H2,1-2H3,(H,15,16)(H,17,18). The van der Waals surface area contributed by atoms with Crippen LogP contribution in [0.4, 0.5) is 10.2 Å². The summed E-state index contributed by atoms with van der Waals surface area (Å²) in [5, 5.41) is 5.20. The molecule has 0 aliphatic carbocycles. The Labute approximate surface area is 112 Å². The van der Waals surface area contributed by atoms with Crippen molar-refractivity contribution in [3.8, 4) is 0 Å². The number of carbonyl (C=O) groups excluding carboxylic acids is 1. The van der Waals surface area contributed by atoms with Crippen molar-refractivity contribution in [1.82, 2.24) is 10.3 Å². The maximum Gasteiger partial charge on any atom is 0.254 e. The van der Waals surface area contributed by atoms with Crippen molar-refractivity contribution in [2.45, 2.75) is 19.8 Å². The molecule has 0 aliphatic heterocycles. The normalized spacial score (nSPS) is 10.3. The minimum Gasteiger partial charge on any atom is -0.380 e. The highest BCUT2D eigenvalue weighted by atomic mass is 19.1. The Hall–Kier alpha value is -1.69. The molecule has 0 bridgehead atoms. The Morgan fingerprint density at radius 2 is 2.26 bits per heavy atom. The molecule has 0 saturated heterocycles. The zero-order valence-electron chi connectivity index (χ0n) is 11.3. The SMILES string of the molecule is CCCCOCCNC(=O)c1ccnc(NC)c1F. The minimum absolute atomic E-state index is 0.0205. The van der Waals surface area contributed by atoms with Gasteiger partial charge in [0.15, 0.2) is 11.6 Å². The highest BCUT2D eigenvalue weighted by molar-refractivity contribution is 5.95. The summed E-state index contributed by atoms with van der Waals surface area (Å²) in [5.74, 6) is -1.04. The second-order valence-electron chi connectivity index (χ2n) is 3.99. The van der Waals surface area contributed by atoms with Crippen molar-refractivity contribution in [3.05, 3.63) is 23.6 Å². The molecule has 1 rings (SSSR count). The third kappa shape index (κ3) is 4.82.